The van der Waals surface area contributed by atoms with E-state index in [1.165, 1.54) is 6.08 Å². The first-order chi connectivity index (χ1) is 6.72. The predicted molar refractivity (Wildman–Crippen MR) is 53.9 cm³/mol. The Morgan fingerprint density at radius 3 is 2.79 bits per heavy atom. The molecule has 3 nitrogen and oxygen atoms in total. The molecule has 0 aromatic carbocycles. The highest BCUT2D eigenvalue weighted by Gasteiger charge is 2.38. The molecule has 0 spiro atoms. The van der Waals surface area contributed by atoms with Crippen molar-refractivity contribution in [1.29, 1.82) is 0 Å². The SMILES string of the molecule is C=CC(=O)OC(CC)C1COC1CC. The summed E-state index contributed by atoms with van der Waals surface area (Å²) in [6, 6.07) is 0. The summed E-state index contributed by atoms with van der Waals surface area (Å²) in [6.07, 6.45) is 3.27. The van der Waals surface area contributed by atoms with Gasteiger partial charge in [0.25, 0.3) is 0 Å². The molecule has 1 rings (SSSR count). The molecule has 1 fully saturated rings. The summed E-state index contributed by atoms with van der Waals surface area (Å²) < 4.78 is 10.6. The van der Waals surface area contributed by atoms with Crippen molar-refractivity contribution in [1.82, 2.24) is 0 Å². The highest BCUT2D eigenvalue weighted by Crippen LogP contribution is 2.29. The van der Waals surface area contributed by atoms with Gasteiger partial charge < -0.3 is 9.47 Å². The lowest BCUT2D eigenvalue weighted by molar-refractivity contribution is -0.180. The van der Waals surface area contributed by atoms with Gasteiger partial charge in [-0.3, -0.25) is 0 Å². The number of ether oxygens (including phenoxy) is 2. The van der Waals surface area contributed by atoms with Crippen molar-refractivity contribution < 1.29 is 14.3 Å². The van der Waals surface area contributed by atoms with Crippen molar-refractivity contribution in [2.24, 2.45) is 5.92 Å². The van der Waals surface area contributed by atoms with E-state index in [4.69, 9.17) is 9.47 Å². The predicted octanol–water partition coefficient (Wildman–Crippen LogP) is 1.92. The molecule has 0 aliphatic carbocycles. The normalized spacial score (nSPS) is 27.6. The van der Waals surface area contributed by atoms with Gasteiger partial charge in [-0.1, -0.05) is 20.4 Å². The number of rotatable bonds is 5. The second kappa shape index (κ2) is 5.15. The van der Waals surface area contributed by atoms with Gasteiger partial charge in [-0.25, -0.2) is 4.79 Å². The molecule has 3 unspecified atom stereocenters. The molecule has 0 amide bonds. The molecule has 1 saturated heterocycles. The Morgan fingerprint density at radius 2 is 2.43 bits per heavy atom. The van der Waals surface area contributed by atoms with Crippen molar-refractivity contribution in [3.63, 3.8) is 0 Å². The first kappa shape index (κ1) is 11.2. The summed E-state index contributed by atoms with van der Waals surface area (Å²) >= 11 is 0. The molecule has 14 heavy (non-hydrogen) atoms. The molecule has 1 heterocycles. The van der Waals surface area contributed by atoms with Crippen molar-refractivity contribution in [2.75, 3.05) is 6.61 Å². The van der Waals surface area contributed by atoms with Crippen LogP contribution in [0.3, 0.4) is 0 Å². The molecule has 3 heteroatoms. The van der Waals surface area contributed by atoms with E-state index in [0.717, 1.165) is 12.8 Å². The maximum Gasteiger partial charge on any atom is 0.330 e. The van der Waals surface area contributed by atoms with Gasteiger partial charge in [0.05, 0.1) is 12.7 Å². The number of carbonyl (C=O) groups is 1. The number of carbonyl (C=O) groups excluding carboxylic acids is 1. The Hall–Kier alpha value is -0.830. The third-order valence-corrected chi connectivity index (χ3v) is 2.70. The smallest absolute Gasteiger partial charge is 0.330 e. The minimum absolute atomic E-state index is 0.0146. The van der Waals surface area contributed by atoms with Crippen LogP contribution in [0.2, 0.25) is 0 Å². The second-order valence-corrected chi connectivity index (χ2v) is 3.53. The van der Waals surface area contributed by atoms with E-state index in [-0.39, 0.29) is 18.2 Å². The van der Waals surface area contributed by atoms with Gasteiger partial charge in [0.1, 0.15) is 6.10 Å². The minimum Gasteiger partial charge on any atom is -0.459 e. The third kappa shape index (κ3) is 2.35. The Bertz CT molecular complexity index is 211. The van der Waals surface area contributed by atoms with E-state index in [2.05, 4.69) is 13.5 Å². The highest BCUT2D eigenvalue weighted by molar-refractivity contribution is 5.81. The van der Waals surface area contributed by atoms with Crippen LogP contribution < -0.4 is 0 Å². The maximum atomic E-state index is 11.0. The monoisotopic (exact) mass is 198 g/mol. The zero-order valence-electron chi connectivity index (χ0n) is 8.86. The van der Waals surface area contributed by atoms with Crippen LogP contribution in [0.25, 0.3) is 0 Å². The van der Waals surface area contributed by atoms with Crippen LogP contribution in [0.15, 0.2) is 12.7 Å². The van der Waals surface area contributed by atoms with Crippen LogP contribution >= 0.6 is 0 Å². The summed E-state index contributed by atoms with van der Waals surface area (Å²) in [4.78, 5) is 11.0. The molecular formula is C11H18O3. The topological polar surface area (TPSA) is 35.5 Å². The molecular weight excluding hydrogens is 180 g/mol. The third-order valence-electron chi connectivity index (χ3n) is 2.70. The molecule has 0 bridgehead atoms. The average molecular weight is 198 g/mol. The summed E-state index contributed by atoms with van der Waals surface area (Å²) in [7, 11) is 0. The largest absolute Gasteiger partial charge is 0.459 e. The fraction of sp³-hybridized carbons (Fsp3) is 0.727. The van der Waals surface area contributed by atoms with Crippen LogP contribution in [0.1, 0.15) is 26.7 Å². The molecule has 0 radical (unpaired) electrons. The lowest BCUT2D eigenvalue weighted by Gasteiger charge is -2.40. The number of esters is 1. The maximum absolute atomic E-state index is 11.0. The van der Waals surface area contributed by atoms with Gasteiger partial charge >= 0.3 is 5.97 Å². The molecule has 0 aromatic heterocycles. The van der Waals surface area contributed by atoms with Crippen molar-refractivity contribution >= 4 is 5.97 Å². The standard InChI is InChI=1S/C11H18O3/c1-4-9-8(7-13-9)10(5-2)14-11(12)6-3/h6,8-10H,3-5,7H2,1-2H3. The first-order valence-electron chi connectivity index (χ1n) is 5.17. The molecule has 1 aliphatic rings. The van der Waals surface area contributed by atoms with Crippen LogP contribution in [0, 0.1) is 5.92 Å². The molecule has 80 valence electrons. The van der Waals surface area contributed by atoms with Crippen molar-refractivity contribution in [3.05, 3.63) is 12.7 Å². The number of hydrogen-bond acceptors (Lipinski definition) is 3. The van der Waals surface area contributed by atoms with Gasteiger partial charge in [0, 0.05) is 12.0 Å². The molecule has 0 N–H and O–H groups in total. The fourth-order valence-electron chi connectivity index (χ4n) is 1.78. The minimum atomic E-state index is -0.335. The van der Waals surface area contributed by atoms with E-state index in [1.807, 2.05) is 6.92 Å². The highest BCUT2D eigenvalue weighted by atomic mass is 16.6. The van der Waals surface area contributed by atoms with E-state index in [9.17, 15) is 4.79 Å². The van der Waals surface area contributed by atoms with Gasteiger partial charge in [-0.05, 0) is 12.8 Å². The lowest BCUT2D eigenvalue weighted by Crippen LogP contribution is -2.47. The van der Waals surface area contributed by atoms with Crippen LogP contribution in [0.5, 0.6) is 0 Å². The van der Waals surface area contributed by atoms with Gasteiger partial charge in [-0.15, -0.1) is 0 Å². The van der Waals surface area contributed by atoms with Gasteiger partial charge in [-0.2, -0.15) is 0 Å². The number of hydrogen-bond donors (Lipinski definition) is 0. The van der Waals surface area contributed by atoms with Crippen molar-refractivity contribution in [2.45, 2.75) is 38.9 Å². The zero-order chi connectivity index (χ0) is 10.6. The summed E-state index contributed by atoms with van der Waals surface area (Å²) in [5, 5.41) is 0. The first-order valence-corrected chi connectivity index (χ1v) is 5.17. The second-order valence-electron chi connectivity index (χ2n) is 3.53. The van der Waals surface area contributed by atoms with E-state index in [0.29, 0.717) is 12.5 Å². The van der Waals surface area contributed by atoms with Gasteiger partial charge in [0.2, 0.25) is 0 Å². The Balaban J connectivity index is 2.45. The Morgan fingerprint density at radius 1 is 1.71 bits per heavy atom. The van der Waals surface area contributed by atoms with Crippen LogP contribution in [-0.4, -0.2) is 24.8 Å². The van der Waals surface area contributed by atoms with E-state index >= 15 is 0 Å². The van der Waals surface area contributed by atoms with Crippen molar-refractivity contribution in [3.8, 4) is 0 Å². The quantitative estimate of drug-likeness (QED) is 0.500. The Kier molecular flexibility index (Phi) is 4.14. The molecule has 0 saturated carbocycles. The average Bonchev–Trinajstić information content (AvgIpc) is 2.15. The van der Waals surface area contributed by atoms with Gasteiger partial charge in [0.15, 0.2) is 0 Å². The molecule has 1 aliphatic heterocycles. The summed E-state index contributed by atoms with van der Waals surface area (Å²) in [5.41, 5.74) is 0. The molecule has 0 aromatic rings. The summed E-state index contributed by atoms with van der Waals surface area (Å²) in [6.45, 7) is 8.20. The Labute approximate surface area is 85.1 Å². The van der Waals surface area contributed by atoms with E-state index < -0.39 is 0 Å². The zero-order valence-corrected chi connectivity index (χ0v) is 8.86. The fourth-order valence-corrected chi connectivity index (χ4v) is 1.78. The van der Waals surface area contributed by atoms with Crippen LogP contribution in [-0.2, 0) is 14.3 Å². The molecule has 3 atom stereocenters. The van der Waals surface area contributed by atoms with E-state index in [1.54, 1.807) is 0 Å². The van der Waals surface area contributed by atoms with Crippen LogP contribution in [0.4, 0.5) is 0 Å². The lowest BCUT2D eigenvalue weighted by atomic mass is 9.89. The summed E-state index contributed by atoms with van der Waals surface area (Å²) in [5.74, 6) is 0.0347.